The van der Waals surface area contributed by atoms with Crippen molar-refractivity contribution >= 4 is 17.3 Å². The Labute approximate surface area is 279 Å². The van der Waals surface area contributed by atoms with Crippen LogP contribution >= 0.6 is 0 Å². The predicted molar refractivity (Wildman–Crippen MR) is 164 cm³/mol. The molecule has 0 aliphatic heterocycles. The Morgan fingerprint density at radius 3 is 0.550 bits per heavy atom. The average Bonchev–Trinajstić information content (AvgIpc) is 2.64. The molecule has 0 aliphatic carbocycles. The molecule has 0 aliphatic rings. The molecule has 0 saturated carbocycles. The minimum absolute atomic E-state index is 0. The van der Waals surface area contributed by atoms with Crippen molar-refractivity contribution in [3.63, 3.8) is 0 Å². The molecular weight excluding hydrogens is 633 g/mol. The zero-order valence-corrected chi connectivity index (χ0v) is 32.6. The summed E-state index contributed by atoms with van der Waals surface area (Å²) < 4.78 is 0. The van der Waals surface area contributed by atoms with Gasteiger partial charge in [-0.1, -0.05) is 125 Å². The topological polar surface area (TPSA) is 112 Å². The van der Waals surface area contributed by atoms with Crippen molar-refractivity contribution in [2.45, 2.75) is 125 Å². The van der Waals surface area contributed by atoms with Gasteiger partial charge in [0, 0.05) is 92.0 Å². The minimum Gasteiger partial charge on any atom is -0.512 e. The largest absolute Gasteiger partial charge is 0.512 e. The van der Waals surface area contributed by atoms with Crippen LogP contribution in [0.4, 0.5) is 0 Å². The van der Waals surface area contributed by atoms with Crippen LogP contribution in [0, 0.1) is 73.8 Å². The maximum atomic E-state index is 11.5. The van der Waals surface area contributed by atoms with Crippen molar-refractivity contribution in [3.8, 4) is 0 Å². The van der Waals surface area contributed by atoms with Gasteiger partial charge in [-0.15, -0.1) is 0 Å². The van der Waals surface area contributed by atoms with E-state index >= 15 is 0 Å². The second kappa shape index (κ2) is 16.6. The average molecular weight is 694 g/mol. The number of aliphatic hydroxyl groups excluding tert-OH is 3. The van der Waals surface area contributed by atoms with Gasteiger partial charge in [0.25, 0.3) is 0 Å². The molecular formula is C33H60O6Pr. The Kier molecular flexibility index (Phi) is 19.1. The van der Waals surface area contributed by atoms with Crippen molar-refractivity contribution in [1.29, 1.82) is 0 Å². The van der Waals surface area contributed by atoms with E-state index in [1.165, 1.54) is 18.2 Å². The minimum atomic E-state index is -0.417. The van der Waals surface area contributed by atoms with Crippen LogP contribution in [0.3, 0.4) is 0 Å². The predicted octanol–water partition coefficient (Wildman–Crippen LogP) is 9.27. The third kappa shape index (κ3) is 21.7. The summed E-state index contributed by atoms with van der Waals surface area (Å²) in [5.41, 5.74) is -2.29. The van der Waals surface area contributed by atoms with E-state index in [4.69, 9.17) is 0 Å². The molecule has 7 heteroatoms. The molecule has 0 unspecified atom stereocenters. The van der Waals surface area contributed by atoms with E-state index in [0.29, 0.717) is 0 Å². The molecule has 0 spiro atoms. The molecule has 0 bridgehead atoms. The van der Waals surface area contributed by atoms with Crippen LogP contribution in [-0.2, 0) is 14.4 Å². The van der Waals surface area contributed by atoms with Gasteiger partial charge in [0.15, 0.2) is 17.3 Å². The zero-order chi connectivity index (χ0) is 32.6. The van der Waals surface area contributed by atoms with Gasteiger partial charge in [-0.05, 0) is 0 Å². The first kappa shape index (κ1) is 46.0. The first-order chi connectivity index (χ1) is 16.6. The second-order valence-corrected chi connectivity index (χ2v) is 16.2. The van der Waals surface area contributed by atoms with Gasteiger partial charge in [0.1, 0.15) is 17.3 Å². The van der Waals surface area contributed by atoms with E-state index < -0.39 is 16.2 Å². The monoisotopic (exact) mass is 693 g/mol. The number of carbonyl (C=O) groups excluding carboxylic acids is 3. The van der Waals surface area contributed by atoms with Crippen LogP contribution in [0.5, 0.6) is 0 Å². The van der Waals surface area contributed by atoms with Crippen molar-refractivity contribution in [3.05, 3.63) is 35.5 Å². The first-order valence-electron chi connectivity index (χ1n) is 13.5. The smallest absolute Gasteiger partial charge is 0.164 e. The number of hydrogen-bond donors (Lipinski definition) is 3. The third-order valence-electron chi connectivity index (χ3n) is 5.33. The Morgan fingerprint density at radius 1 is 0.350 bits per heavy atom. The number of carbonyl (C=O) groups is 3. The fourth-order valence-corrected chi connectivity index (χ4v) is 1.67. The van der Waals surface area contributed by atoms with E-state index in [0.717, 1.165) is 0 Å². The summed E-state index contributed by atoms with van der Waals surface area (Å²) in [7, 11) is 0. The van der Waals surface area contributed by atoms with E-state index in [2.05, 4.69) is 0 Å². The fourth-order valence-electron chi connectivity index (χ4n) is 1.67. The molecule has 0 rings (SSSR count). The van der Waals surface area contributed by atoms with Crippen LogP contribution in [0.1, 0.15) is 125 Å². The zero-order valence-electron chi connectivity index (χ0n) is 28.9. The number of allylic oxidation sites excluding steroid dienone is 6. The normalized spacial score (nSPS) is 14.1. The summed E-state index contributed by atoms with van der Waals surface area (Å²) in [6.07, 6.45) is 4.00. The number of aliphatic hydroxyl groups is 3. The Balaban J connectivity index is -0.000000240. The van der Waals surface area contributed by atoms with Crippen LogP contribution in [0.2, 0.25) is 0 Å². The van der Waals surface area contributed by atoms with Crippen LogP contribution < -0.4 is 0 Å². The summed E-state index contributed by atoms with van der Waals surface area (Å²) in [5, 5.41) is 28.7. The van der Waals surface area contributed by atoms with E-state index in [-0.39, 0.29) is 92.2 Å². The second-order valence-electron chi connectivity index (χ2n) is 16.2. The molecule has 40 heavy (non-hydrogen) atoms. The SMILES string of the molecule is CC(C)(C)C(=O)/C=C(\O)C(C)(C)C.CC(C)(C)C(=O)/C=C(\O)C(C)(C)C.CC(C)(C)C(=O)/C=C(\O)C(C)(C)C.[Pr]. The molecule has 0 fully saturated rings. The van der Waals surface area contributed by atoms with Gasteiger partial charge >= 0.3 is 0 Å². The van der Waals surface area contributed by atoms with Gasteiger partial charge in [-0.2, -0.15) is 0 Å². The molecule has 0 heterocycles. The standard InChI is InChI=1S/3C11H20O2.Pr/c3*1-10(2,3)8(12)7-9(13)11(4,5)6;/h3*7,12H,1-6H3;/b3*8-7-;. The quantitative estimate of drug-likeness (QED) is 0.201. The first-order valence-corrected chi connectivity index (χ1v) is 13.5. The molecule has 0 aromatic rings. The van der Waals surface area contributed by atoms with Gasteiger partial charge in [0.2, 0.25) is 0 Å². The molecule has 0 amide bonds. The third-order valence-corrected chi connectivity index (χ3v) is 5.33. The summed E-state index contributed by atoms with van der Waals surface area (Å²) in [4.78, 5) is 34.5. The maximum Gasteiger partial charge on any atom is 0.164 e. The van der Waals surface area contributed by atoms with Crippen molar-refractivity contribution in [2.75, 3.05) is 0 Å². The summed E-state index contributed by atoms with van der Waals surface area (Å²) in [6.45, 7) is 33.3. The maximum absolute atomic E-state index is 11.5. The van der Waals surface area contributed by atoms with Crippen LogP contribution in [-0.4, -0.2) is 32.7 Å². The summed E-state index contributed by atoms with van der Waals surface area (Å²) in [6, 6.07) is 0. The van der Waals surface area contributed by atoms with Gasteiger partial charge in [-0.3, -0.25) is 14.4 Å². The summed E-state index contributed by atoms with van der Waals surface area (Å²) in [5.74, 6) is 0.312. The Hall–Kier alpha value is -1.01. The van der Waals surface area contributed by atoms with Crippen LogP contribution in [0.15, 0.2) is 35.5 Å². The molecule has 231 valence electrons. The Morgan fingerprint density at radius 2 is 0.475 bits per heavy atom. The van der Waals surface area contributed by atoms with Crippen LogP contribution in [0.25, 0.3) is 0 Å². The molecule has 3 N–H and O–H groups in total. The molecule has 0 aromatic heterocycles. The molecule has 6 nitrogen and oxygen atoms in total. The van der Waals surface area contributed by atoms with Crippen molar-refractivity contribution in [1.82, 2.24) is 0 Å². The molecule has 0 atom stereocenters. The van der Waals surface area contributed by atoms with Crippen molar-refractivity contribution < 1.29 is 71.0 Å². The molecule has 0 saturated heterocycles. The fraction of sp³-hybridized carbons (Fsp3) is 0.727. The number of hydrogen-bond acceptors (Lipinski definition) is 6. The van der Waals surface area contributed by atoms with Gasteiger partial charge in [-0.25, -0.2) is 0 Å². The molecule has 1 radical (unpaired) electrons. The van der Waals surface area contributed by atoms with E-state index in [1.807, 2.05) is 125 Å². The number of ketones is 3. The summed E-state index contributed by atoms with van der Waals surface area (Å²) >= 11 is 0. The van der Waals surface area contributed by atoms with Gasteiger partial charge < -0.3 is 15.3 Å². The van der Waals surface area contributed by atoms with E-state index in [9.17, 15) is 29.7 Å². The number of rotatable bonds is 3. The van der Waals surface area contributed by atoms with Gasteiger partial charge in [0.05, 0.1) is 0 Å². The van der Waals surface area contributed by atoms with E-state index in [1.54, 1.807) is 0 Å². The van der Waals surface area contributed by atoms with Crippen molar-refractivity contribution in [2.24, 2.45) is 32.5 Å². The molecule has 0 aromatic carbocycles. The Bertz CT molecular complexity index is 801.